The average Bonchev–Trinajstić information content (AvgIpc) is 2.29. The van der Waals surface area contributed by atoms with E-state index in [9.17, 15) is 9.59 Å². The highest BCUT2D eigenvalue weighted by atomic mass is 35.5. The van der Waals surface area contributed by atoms with Crippen molar-refractivity contribution in [1.29, 1.82) is 0 Å². The van der Waals surface area contributed by atoms with Gasteiger partial charge in [0.25, 0.3) is 5.91 Å². The molecule has 98 valence electrons. The summed E-state index contributed by atoms with van der Waals surface area (Å²) < 4.78 is 5.29. The number of carboxylic acid groups (broad SMARTS) is 1. The van der Waals surface area contributed by atoms with Crippen LogP contribution in [0.15, 0.2) is 18.2 Å². The minimum absolute atomic E-state index is 0.259. The average molecular weight is 272 g/mol. The zero-order chi connectivity index (χ0) is 13.7. The van der Waals surface area contributed by atoms with Crippen LogP contribution in [0.25, 0.3) is 0 Å². The maximum atomic E-state index is 11.9. The number of hydrogen-bond acceptors (Lipinski definition) is 3. The Labute approximate surface area is 110 Å². The van der Waals surface area contributed by atoms with Crippen molar-refractivity contribution in [2.45, 2.75) is 19.9 Å². The number of aliphatic carboxylic acids is 1. The summed E-state index contributed by atoms with van der Waals surface area (Å²) in [7, 11) is 0. The molecule has 2 N–H and O–H groups in total. The van der Waals surface area contributed by atoms with Crippen LogP contribution < -0.4 is 10.1 Å². The zero-order valence-electron chi connectivity index (χ0n) is 10.1. The first-order chi connectivity index (χ1) is 8.45. The van der Waals surface area contributed by atoms with Crippen molar-refractivity contribution in [2.24, 2.45) is 0 Å². The molecule has 1 rings (SSSR count). The molecule has 0 bridgehead atoms. The summed E-state index contributed by atoms with van der Waals surface area (Å²) in [4.78, 5) is 22.5. The lowest BCUT2D eigenvalue weighted by atomic mass is 10.1. The van der Waals surface area contributed by atoms with Crippen LogP contribution in [0.4, 0.5) is 0 Å². The molecule has 0 spiro atoms. The summed E-state index contributed by atoms with van der Waals surface area (Å²) in [5.74, 6) is -1.28. The third kappa shape index (κ3) is 3.63. The van der Waals surface area contributed by atoms with Crippen molar-refractivity contribution < 1.29 is 19.4 Å². The van der Waals surface area contributed by atoms with E-state index in [0.29, 0.717) is 17.4 Å². The number of rotatable bonds is 5. The molecular weight excluding hydrogens is 258 g/mol. The van der Waals surface area contributed by atoms with Gasteiger partial charge in [-0.25, -0.2) is 0 Å². The number of halogens is 1. The van der Waals surface area contributed by atoms with Crippen LogP contribution >= 0.6 is 11.6 Å². The fourth-order valence-corrected chi connectivity index (χ4v) is 1.46. The maximum absolute atomic E-state index is 11.9. The molecule has 0 radical (unpaired) electrons. The SMILES string of the molecule is CCOc1cc(Cl)ccc1C(=O)NC(C)C(=O)O. The standard InChI is InChI=1S/C12H14ClNO4/c1-3-18-10-6-8(13)4-5-9(10)11(15)14-7(2)12(16)17/h4-7H,3H2,1-2H3,(H,14,15)(H,16,17). The number of hydrogen-bond donors (Lipinski definition) is 2. The Morgan fingerprint density at radius 1 is 1.50 bits per heavy atom. The summed E-state index contributed by atoms with van der Waals surface area (Å²) in [6, 6.07) is 3.59. The Morgan fingerprint density at radius 3 is 2.72 bits per heavy atom. The molecule has 1 unspecified atom stereocenters. The second kappa shape index (κ2) is 6.26. The summed E-state index contributed by atoms with van der Waals surface area (Å²) in [6.07, 6.45) is 0. The van der Waals surface area contributed by atoms with E-state index in [2.05, 4.69) is 5.32 Å². The van der Waals surface area contributed by atoms with Gasteiger partial charge in [-0.15, -0.1) is 0 Å². The largest absolute Gasteiger partial charge is 0.493 e. The van der Waals surface area contributed by atoms with Gasteiger partial charge in [0.2, 0.25) is 0 Å². The number of amides is 1. The van der Waals surface area contributed by atoms with Gasteiger partial charge >= 0.3 is 5.97 Å². The number of carbonyl (C=O) groups is 2. The predicted molar refractivity (Wildman–Crippen MR) is 67.2 cm³/mol. The van der Waals surface area contributed by atoms with E-state index < -0.39 is 17.9 Å². The van der Waals surface area contributed by atoms with Crippen LogP contribution in [0, 0.1) is 0 Å². The minimum atomic E-state index is -1.10. The molecular formula is C12H14ClNO4. The van der Waals surface area contributed by atoms with Crippen LogP contribution in [-0.2, 0) is 4.79 Å². The third-order valence-corrected chi connectivity index (χ3v) is 2.44. The number of ether oxygens (including phenoxy) is 1. The summed E-state index contributed by atoms with van der Waals surface area (Å²) in [5.41, 5.74) is 0.259. The predicted octanol–water partition coefficient (Wildman–Crippen LogP) is 1.94. The normalized spacial score (nSPS) is 11.7. The molecule has 1 aromatic carbocycles. The lowest BCUT2D eigenvalue weighted by Gasteiger charge is -2.13. The fourth-order valence-electron chi connectivity index (χ4n) is 1.29. The molecule has 1 aromatic rings. The fraction of sp³-hybridized carbons (Fsp3) is 0.333. The van der Waals surface area contributed by atoms with Crippen molar-refractivity contribution in [2.75, 3.05) is 6.61 Å². The van der Waals surface area contributed by atoms with Gasteiger partial charge in [-0.05, 0) is 32.0 Å². The van der Waals surface area contributed by atoms with Gasteiger partial charge < -0.3 is 15.2 Å². The second-order valence-electron chi connectivity index (χ2n) is 3.61. The summed E-state index contributed by atoms with van der Waals surface area (Å²) >= 11 is 5.81. The highest BCUT2D eigenvalue weighted by Gasteiger charge is 2.18. The monoisotopic (exact) mass is 271 g/mol. The van der Waals surface area contributed by atoms with Crippen LogP contribution in [0.2, 0.25) is 5.02 Å². The van der Waals surface area contributed by atoms with E-state index in [1.807, 2.05) is 0 Å². The third-order valence-electron chi connectivity index (χ3n) is 2.21. The van der Waals surface area contributed by atoms with Gasteiger partial charge in [0.05, 0.1) is 12.2 Å². The van der Waals surface area contributed by atoms with Crippen molar-refractivity contribution >= 4 is 23.5 Å². The van der Waals surface area contributed by atoms with E-state index in [4.69, 9.17) is 21.4 Å². The van der Waals surface area contributed by atoms with Crippen LogP contribution in [-0.4, -0.2) is 29.6 Å². The quantitative estimate of drug-likeness (QED) is 0.858. The molecule has 18 heavy (non-hydrogen) atoms. The van der Waals surface area contributed by atoms with Crippen molar-refractivity contribution in [1.82, 2.24) is 5.32 Å². The molecule has 1 atom stereocenters. The van der Waals surface area contributed by atoms with Crippen molar-refractivity contribution in [3.8, 4) is 5.75 Å². The van der Waals surface area contributed by atoms with Gasteiger partial charge in [-0.1, -0.05) is 11.6 Å². The van der Waals surface area contributed by atoms with Gasteiger partial charge in [-0.2, -0.15) is 0 Å². The molecule has 0 aliphatic carbocycles. The Kier molecular flexibility index (Phi) is 4.97. The molecule has 0 saturated heterocycles. The number of benzene rings is 1. The topological polar surface area (TPSA) is 75.6 Å². The highest BCUT2D eigenvalue weighted by Crippen LogP contribution is 2.23. The lowest BCUT2D eigenvalue weighted by molar-refractivity contribution is -0.138. The summed E-state index contributed by atoms with van der Waals surface area (Å²) in [6.45, 7) is 3.55. The second-order valence-corrected chi connectivity index (χ2v) is 4.04. The van der Waals surface area contributed by atoms with E-state index in [0.717, 1.165) is 0 Å². The van der Waals surface area contributed by atoms with Crippen LogP contribution in [0.5, 0.6) is 5.75 Å². The molecule has 5 nitrogen and oxygen atoms in total. The molecule has 1 amide bonds. The van der Waals surface area contributed by atoms with E-state index in [1.165, 1.54) is 19.1 Å². The molecule has 0 aliphatic heterocycles. The number of carboxylic acids is 1. The number of carbonyl (C=O) groups excluding carboxylic acids is 1. The summed E-state index contributed by atoms with van der Waals surface area (Å²) in [5, 5.41) is 11.5. The first kappa shape index (κ1) is 14.3. The Balaban J connectivity index is 2.94. The molecule has 0 fully saturated rings. The van der Waals surface area contributed by atoms with E-state index in [-0.39, 0.29) is 5.56 Å². The minimum Gasteiger partial charge on any atom is -0.493 e. The smallest absolute Gasteiger partial charge is 0.325 e. The van der Waals surface area contributed by atoms with Crippen molar-refractivity contribution in [3.63, 3.8) is 0 Å². The van der Waals surface area contributed by atoms with E-state index >= 15 is 0 Å². The number of nitrogens with one attached hydrogen (secondary N) is 1. The maximum Gasteiger partial charge on any atom is 0.325 e. The highest BCUT2D eigenvalue weighted by molar-refractivity contribution is 6.30. The lowest BCUT2D eigenvalue weighted by Crippen LogP contribution is -2.38. The van der Waals surface area contributed by atoms with Crippen LogP contribution in [0.3, 0.4) is 0 Å². The Hall–Kier alpha value is -1.75. The van der Waals surface area contributed by atoms with E-state index in [1.54, 1.807) is 13.0 Å². The van der Waals surface area contributed by atoms with Gasteiger partial charge in [0, 0.05) is 5.02 Å². The Morgan fingerprint density at radius 2 is 2.17 bits per heavy atom. The molecule has 0 aliphatic rings. The van der Waals surface area contributed by atoms with Gasteiger partial charge in [-0.3, -0.25) is 9.59 Å². The molecule has 0 heterocycles. The van der Waals surface area contributed by atoms with Crippen molar-refractivity contribution in [3.05, 3.63) is 28.8 Å². The zero-order valence-corrected chi connectivity index (χ0v) is 10.8. The Bertz CT molecular complexity index is 461. The molecule has 0 aromatic heterocycles. The first-order valence-corrected chi connectivity index (χ1v) is 5.79. The molecule has 0 saturated carbocycles. The first-order valence-electron chi connectivity index (χ1n) is 5.41. The van der Waals surface area contributed by atoms with Crippen LogP contribution in [0.1, 0.15) is 24.2 Å². The van der Waals surface area contributed by atoms with Gasteiger partial charge in [0.15, 0.2) is 0 Å². The van der Waals surface area contributed by atoms with Gasteiger partial charge in [0.1, 0.15) is 11.8 Å². The molecule has 6 heteroatoms.